The van der Waals surface area contributed by atoms with E-state index in [1.807, 2.05) is 340 Å². The fourth-order valence-corrected chi connectivity index (χ4v) is 14.6. The number of anilines is 12. The van der Waals surface area contributed by atoms with Crippen molar-refractivity contribution in [3.8, 4) is 47.4 Å². The fourth-order valence-electron chi connectivity index (χ4n) is 13.6. The van der Waals surface area contributed by atoms with Crippen LogP contribution in [0.2, 0.25) is 40.2 Å². The zero-order chi connectivity index (χ0) is 79.2. The van der Waals surface area contributed by atoms with Crippen LogP contribution in [0.15, 0.2) is 315 Å². The van der Waals surface area contributed by atoms with Gasteiger partial charge in [0.15, 0.2) is 0 Å². The fraction of sp³-hybridized carbons (Fsp3) is 0. The largest absolute Gasteiger partial charge is 0.353 e. The molecular weight excluding hydrogens is 1600 g/mol. The van der Waals surface area contributed by atoms with E-state index in [1.54, 1.807) is 0 Å². The van der Waals surface area contributed by atoms with Gasteiger partial charge in [-0.15, -0.1) is 0 Å². The highest BCUT2D eigenvalue weighted by Crippen LogP contribution is 2.42. The van der Waals surface area contributed by atoms with Crippen molar-refractivity contribution in [1.29, 1.82) is 0 Å². The summed E-state index contributed by atoms with van der Waals surface area (Å²) in [6, 6.07) is 102. The average Bonchev–Trinajstić information content (AvgIpc) is 1.58. The predicted octanol–water partition coefficient (Wildman–Crippen LogP) is 29.4. The van der Waals surface area contributed by atoms with Gasteiger partial charge in [0.05, 0.1) is 67.1 Å². The maximum Gasteiger partial charge on any atom is 0.0815 e. The molecular formula is C100H58Cl8N8. The number of halogens is 8. The van der Waals surface area contributed by atoms with Crippen LogP contribution in [0.25, 0.3) is 46.4 Å². The van der Waals surface area contributed by atoms with E-state index in [0.29, 0.717) is 107 Å². The van der Waals surface area contributed by atoms with Crippen LogP contribution in [0.5, 0.6) is 0 Å². The number of aromatic nitrogens is 4. The molecule has 17 rings (SSSR count). The normalized spacial score (nSPS) is 11.1. The number of aromatic amines is 2. The smallest absolute Gasteiger partial charge is 0.0815 e. The summed E-state index contributed by atoms with van der Waals surface area (Å²) in [7, 11) is 0. The Bertz CT molecular complexity index is 5750. The predicted molar refractivity (Wildman–Crippen MR) is 487 cm³/mol. The first-order chi connectivity index (χ1) is 56.7. The van der Waals surface area contributed by atoms with Gasteiger partial charge in [-0.2, -0.15) is 0 Å². The van der Waals surface area contributed by atoms with Gasteiger partial charge >= 0.3 is 0 Å². The van der Waals surface area contributed by atoms with Crippen molar-refractivity contribution in [3.63, 3.8) is 0 Å². The van der Waals surface area contributed by atoms with Crippen LogP contribution in [0.3, 0.4) is 0 Å². The second-order valence-corrected chi connectivity index (χ2v) is 30.3. The summed E-state index contributed by atoms with van der Waals surface area (Å²) in [4.78, 5) is 27.1. The number of hydrogen-bond donors (Lipinski definition) is 2. The van der Waals surface area contributed by atoms with Crippen molar-refractivity contribution < 1.29 is 0 Å². The maximum absolute atomic E-state index is 6.43. The molecule has 0 unspecified atom stereocenters. The first-order valence-electron chi connectivity index (χ1n) is 36.6. The van der Waals surface area contributed by atoms with E-state index >= 15 is 0 Å². The Kier molecular flexibility index (Phi) is 22.2. The van der Waals surface area contributed by atoms with E-state index in [2.05, 4.69) is 76.9 Å². The number of hydrogen-bond acceptors (Lipinski definition) is 6. The molecule has 15 aromatic rings. The van der Waals surface area contributed by atoms with Crippen LogP contribution in [-0.4, -0.2) is 19.9 Å². The van der Waals surface area contributed by atoms with Crippen LogP contribution in [0, 0.1) is 47.4 Å². The molecule has 0 fully saturated rings. The molecule has 0 aliphatic carbocycles. The molecule has 8 bridgehead atoms. The van der Waals surface area contributed by atoms with Gasteiger partial charge in [-0.3, -0.25) is 0 Å². The maximum atomic E-state index is 6.43. The number of rotatable bonds is 12. The second kappa shape index (κ2) is 34.0. The van der Waals surface area contributed by atoms with Crippen molar-refractivity contribution >= 4 is 207 Å². The van der Waals surface area contributed by atoms with Gasteiger partial charge in [0, 0.05) is 131 Å². The molecule has 0 amide bonds. The van der Waals surface area contributed by atoms with Crippen LogP contribution in [0.1, 0.15) is 67.3 Å². The highest BCUT2D eigenvalue weighted by molar-refractivity contribution is 6.33. The van der Waals surface area contributed by atoms with Gasteiger partial charge < -0.3 is 29.6 Å². The van der Waals surface area contributed by atoms with Crippen LogP contribution < -0.4 is 19.6 Å². The van der Waals surface area contributed by atoms with Gasteiger partial charge in [0.1, 0.15) is 0 Å². The quantitative estimate of drug-likeness (QED) is 0.119. The first-order valence-corrected chi connectivity index (χ1v) is 39.6. The van der Waals surface area contributed by atoms with Crippen LogP contribution >= 0.6 is 92.8 Å². The third kappa shape index (κ3) is 17.1. The summed E-state index contributed by atoms with van der Waals surface area (Å²) >= 11 is 51.4. The topological polar surface area (TPSA) is 70.3 Å². The van der Waals surface area contributed by atoms with Gasteiger partial charge in [0.25, 0.3) is 0 Å². The number of nitrogens with zero attached hydrogens (tertiary/aromatic N) is 6. The molecule has 2 aliphatic rings. The molecule has 0 saturated heterocycles. The Morgan fingerprint density at radius 3 is 0.457 bits per heavy atom. The lowest BCUT2D eigenvalue weighted by Crippen LogP contribution is -2.09. The lowest BCUT2D eigenvalue weighted by atomic mass is 10.1. The van der Waals surface area contributed by atoms with Crippen molar-refractivity contribution in [2.75, 3.05) is 19.6 Å². The highest BCUT2D eigenvalue weighted by atomic mass is 35.5. The SMILES string of the molecule is Clc1ccc(N(c2ccc(Cl)cc2)c2ccc(C#Cc3c4nc(c(C#Cc5ccc(N(c6ccc(Cl)cc6)c6ccc(Cl)cc6)cc5)c5ccc([nH]5)c(C#Cc5ccc(N(c6ccc(Cl)cc6)c6ccc(Cl)cc6)cc5)c5nc(c(C#Cc6ccc(N(c7ccc(Cl)cc7)c7ccc(Cl)cc7)cc6)c6ccc3[nH]6)C=C5)C=C4)cc2)cc1. The Balaban J connectivity index is 0.836. The van der Waals surface area contributed by atoms with Crippen molar-refractivity contribution in [1.82, 2.24) is 19.9 Å². The summed E-state index contributed by atoms with van der Waals surface area (Å²) < 4.78 is 0. The molecule has 116 heavy (non-hydrogen) atoms. The number of benzene rings is 12. The first kappa shape index (κ1) is 75.7. The molecule has 3 aromatic heterocycles. The number of nitrogens with one attached hydrogen (secondary N) is 2. The Morgan fingerprint density at radius 1 is 0.172 bits per heavy atom. The minimum atomic E-state index is 0.600. The molecule has 554 valence electrons. The van der Waals surface area contributed by atoms with Crippen molar-refractivity contribution in [2.24, 2.45) is 0 Å². The van der Waals surface area contributed by atoms with Crippen LogP contribution in [-0.2, 0) is 0 Å². The van der Waals surface area contributed by atoms with Crippen LogP contribution in [0.4, 0.5) is 68.2 Å². The van der Waals surface area contributed by atoms with Crippen molar-refractivity contribution in [2.45, 2.75) is 0 Å². The lowest BCUT2D eigenvalue weighted by Gasteiger charge is -2.25. The summed E-state index contributed by atoms with van der Waals surface area (Å²) in [5.41, 5.74) is 21.6. The lowest BCUT2D eigenvalue weighted by molar-refractivity contribution is 1.28. The Labute approximate surface area is 711 Å². The molecule has 0 radical (unpaired) electrons. The number of fused-ring (bicyclic) bond motifs is 8. The summed E-state index contributed by atoms with van der Waals surface area (Å²) in [6.45, 7) is 0. The molecule has 2 N–H and O–H groups in total. The molecule has 0 saturated carbocycles. The van der Waals surface area contributed by atoms with Gasteiger partial charge in [-0.05, 0) is 340 Å². The van der Waals surface area contributed by atoms with Gasteiger partial charge in [-0.1, -0.05) is 140 Å². The summed E-state index contributed by atoms with van der Waals surface area (Å²) in [5, 5.41) is 5.06. The van der Waals surface area contributed by atoms with Gasteiger partial charge in [0.2, 0.25) is 0 Å². The van der Waals surface area contributed by atoms with Gasteiger partial charge in [-0.25, -0.2) is 9.97 Å². The highest BCUT2D eigenvalue weighted by Gasteiger charge is 2.21. The molecule has 5 heterocycles. The zero-order valence-electron chi connectivity index (χ0n) is 61.0. The van der Waals surface area contributed by atoms with E-state index in [4.69, 9.17) is 103 Å². The Morgan fingerprint density at radius 2 is 0.310 bits per heavy atom. The second-order valence-electron chi connectivity index (χ2n) is 26.8. The Hall–Kier alpha value is -13.0. The molecule has 16 heteroatoms. The monoisotopic (exact) mass is 1650 g/mol. The van der Waals surface area contributed by atoms with Crippen molar-refractivity contribution in [3.05, 3.63) is 423 Å². The summed E-state index contributed by atoms with van der Waals surface area (Å²) in [5.74, 6) is 28.5. The van der Waals surface area contributed by atoms with E-state index in [9.17, 15) is 0 Å². The van der Waals surface area contributed by atoms with E-state index < -0.39 is 0 Å². The zero-order valence-corrected chi connectivity index (χ0v) is 67.1. The molecule has 0 spiro atoms. The summed E-state index contributed by atoms with van der Waals surface area (Å²) in [6.07, 6.45) is 7.94. The average molecular weight is 1660 g/mol. The minimum Gasteiger partial charge on any atom is -0.353 e. The van der Waals surface area contributed by atoms with E-state index in [0.717, 1.165) is 90.5 Å². The van der Waals surface area contributed by atoms with E-state index in [1.165, 1.54) is 0 Å². The minimum absolute atomic E-state index is 0.600. The molecule has 2 aliphatic heterocycles. The standard InChI is InChI=1S/C100H58Cl8N8/c101-69-13-37-81(38-14-69)113(82-39-15-70(102)16-40-82)77-29-1-65(2-30-77)9-53-89-93-57-59-95(109-93)90(54-10-66-3-31-78(32-4-66)114(83-41-17-71(103)18-42-83)84-43-19-72(104)20-44-84)97-61-63-99(111-97)92(56-12-68-7-35-80(36-8-68)116(87-49-25-75(107)26-50-87)88-51-27-76(108)28-52-88)100-64-62-98(112-100)91(96-60-58-94(89)110-96)55-11-67-5-33-79(34-6-67)115(85-45-21-73(105)22-46-85)86-47-23-74(106)24-48-86/h1-8,13-52,57-64,109,112H. The third-order valence-electron chi connectivity index (χ3n) is 19.3. The number of H-pyrrole nitrogens is 2. The molecule has 0 atom stereocenters. The van der Waals surface area contributed by atoms with E-state index in [-0.39, 0.29) is 0 Å². The molecule has 12 aromatic carbocycles. The third-order valence-corrected chi connectivity index (χ3v) is 21.3. The molecule has 8 nitrogen and oxygen atoms in total.